The van der Waals surface area contributed by atoms with Gasteiger partial charge in [0.15, 0.2) is 12.2 Å². The van der Waals surface area contributed by atoms with Gasteiger partial charge in [-0.1, -0.05) is 29.8 Å². The molecule has 0 saturated carbocycles. The minimum absolute atomic E-state index is 0.0480. The van der Waals surface area contributed by atoms with Gasteiger partial charge in [0.25, 0.3) is 0 Å². The van der Waals surface area contributed by atoms with Gasteiger partial charge in [-0.2, -0.15) is 0 Å². The first kappa shape index (κ1) is 26.1. The van der Waals surface area contributed by atoms with Crippen LogP contribution in [0, 0.1) is 12.8 Å². The molecule has 0 aliphatic carbocycles. The number of halogens is 1. The highest BCUT2D eigenvalue weighted by atomic mass is 32.1. The van der Waals surface area contributed by atoms with Crippen LogP contribution in [0.15, 0.2) is 41.3 Å². The molecule has 1 aromatic carbocycles. The first-order valence-corrected chi connectivity index (χ1v) is 11.2. The zero-order valence-electron chi connectivity index (χ0n) is 18.2. The molecule has 8 nitrogen and oxygen atoms in total. The van der Waals surface area contributed by atoms with E-state index in [0.29, 0.717) is 19.5 Å². The molecule has 2 aliphatic rings. The van der Waals surface area contributed by atoms with Gasteiger partial charge < -0.3 is 30.6 Å². The number of hydrogen-bond donors (Lipinski definition) is 6. The number of rotatable bonds is 5. The third-order valence-electron chi connectivity index (χ3n) is 5.22. The van der Waals surface area contributed by atoms with Crippen molar-refractivity contribution in [3.8, 4) is 11.3 Å². The van der Waals surface area contributed by atoms with Crippen molar-refractivity contribution in [2.24, 2.45) is 5.92 Å². The monoisotopic (exact) mass is 468 g/mol. The molecular weight excluding hydrogens is 435 g/mol. The van der Waals surface area contributed by atoms with Crippen molar-refractivity contribution in [1.82, 2.24) is 20.9 Å². The lowest BCUT2D eigenvalue weighted by atomic mass is 10.1. The van der Waals surface area contributed by atoms with E-state index in [1.165, 1.54) is 12.0 Å². The number of benzene rings is 1. The molecule has 0 spiro atoms. The Bertz CT molecular complexity index is 771. The van der Waals surface area contributed by atoms with Crippen LogP contribution in [-0.4, -0.2) is 65.1 Å². The first-order valence-electron chi connectivity index (χ1n) is 10.7. The number of aliphatic hydroxyl groups is 1. The van der Waals surface area contributed by atoms with Crippen molar-refractivity contribution in [2.75, 3.05) is 26.2 Å². The molecule has 10 heteroatoms. The molecule has 5 N–H and O–H groups in total. The largest absolute Gasteiger partial charge is 0.465 e. The number of aryl methyl sites for hydroxylation is 1. The van der Waals surface area contributed by atoms with E-state index in [1.807, 2.05) is 12.1 Å². The number of carboxylic acid groups (broad SMARTS) is 1. The normalized spacial score (nSPS) is 22.8. The van der Waals surface area contributed by atoms with Crippen LogP contribution >= 0.6 is 12.6 Å². The van der Waals surface area contributed by atoms with E-state index >= 15 is 0 Å². The molecule has 2 saturated heterocycles. The van der Waals surface area contributed by atoms with Gasteiger partial charge in [0.05, 0.1) is 12.3 Å². The molecule has 1 aromatic heterocycles. The SMILES string of the molecule is Cc1ccc(-c2cnco2)cc1.O=C(O)NCCC1CC([C@@H](F)S)CN1.OC1CCNC1. The van der Waals surface area contributed by atoms with E-state index in [4.69, 9.17) is 14.6 Å². The lowest BCUT2D eigenvalue weighted by Gasteiger charge is -2.10. The van der Waals surface area contributed by atoms with E-state index in [-0.39, 0.29) is 18.1 Å². The predicted molar refractivity (Wildman–Crippen MR) is 125 cm³/mol. The number of thiol groups is 1. The van der Waals surface area contributed by atoms with Gasteiger partial charge in [-0.3, -0.25) is 0 Å². The quantitative estimate of drug-likeness (QED) is 0.374. The molecule has 2 fully saturated rings. The lowest BCUT2D eigenvalue weighted by molar-refractivity contribution is 0.193. The van der Waals surface area contributed by atoms with Gasteiger partial charge >= 0.3 is 6.09 Å². The number of nitrogens with one attached hydrogen (secondary N) is 3. The summed E-state index contributed by atoms with van der Waals surface area (Å²) in [6.07, 6.45) is 4.43. The summed E-state index contributed by atoms with van der Waals surface area (Å²) in [7, 11) is 0. The highest BCUT2D eigenvalue weighted by Crippen LogP contribution is 2.23. The van der Waals surface area contributed by atoms with Gasteiger partial charge in [0.2, 0.25) is 0 Å². The zero-order valence-corrected chi connectivity index (χ0v) is 19.1. The molecule has 2 aromatic rings. The Morgan fingerprint density at radius 2 is 2.12 bits per heavy atom. The summed E-state index contributed by atoms with van der Waals surface area (Å²) in [6, 6.07) is 8.36. The molecule has 3 heterocycles. The van der Waals surface area contributed by atoms with E-state index < -0.39 is 11.6 Å². The summed E-state index contributed by atoms with van der Waals surface area (Å²) in [5.41, 5.74) is 1.23. The number of aromatic nitrogens is 1. The second-order valence-electron chi connectivity index (χ2n) is 7.87. The number of nitrogens with zero attached hydrogens (tertiary/aromatic N) is 1. The van der Waals surface area contributed by atoms with E-state index in [2.05, 4.69) is 52.6 Å². The zero-order chi connectivity index (χ0) is 23.3. The Labute approximate surface area is 193 Å². The molecule has 4 atom stereocenters. The van der Waals surface area contributed by atoms with E-state index in [9.17, 15) is 9.18 Å². The maximum atomic E-state index is 12.7. The van der Waals surface area contributed by atoms with Crippen LogP contribution in [0.1, 0.15) is 24.8 Å². The van der Waals surface area contributed by atoms with Crippen molar-refractivity contribution >= 4 is 18.7 Å². The van der Waals surface area contributed by atoms with Gasteiger partial charge in [-0.05, 0) is 32.7 Å². The Morgan fingerprint density at radius 1 is 1.38 bits per heavy atom. The average molecular weight is 469 g/mol. The fourth-order valence-electron chi connectivity index (χ4n) is 3.35. The maximum absolute atomic E-state index is 12.7. The number of alkyl halides is 1. The van der Waals surface area contributed by atoms with Crippen molar-refractivity contribution in [2.45, 2.75) is 43.8 Å². The summed E-state index contributed by atoms with van der Waals surface area (Å²) < 4.78 is 17.9. The van der Waals surface area contributed by atoms with Crippen molar-refractivity contribution in [1.29, 1.82) is 0 Å². The summed E-state index contributed by atoms with van der Waals surface area (Å²) in [5, 5.41) is 25.4. The van der Waals surface area contributed by atoms with Gasteiger partial charge in [0.1, 0.15) is 5.50 Å². The second kappa shape index (κ2) is 14.1. The third-order valence-corrected chi connectivity index (χ3v) is 5.64. The van der Waals surface area contributed by atoms with Crippen LogP contribution in [0.2, 0.25) is 0 Å². The molecule has 32 heavy (non-hydrogen) atoms. The predicted octanol–water partition coefficient (Wildman–Crippen LogP) is 2.84. The van der Waals surface area contributed by atoms with Crippen molar-refractivity contribution < 1.29 is 23.8 Å². The van der Waals surface area contributed by atoms with Crippen LogP contribution in [0.5, 0.6) is 0 Å². The van der Waals surface area contributed by atoms with Gasteiger partial charge in [0, 0.05) is 37.2 Å². The topological polar surface area (TPSA) is 120 Å². The number of carbonyl (C=O) groups is 1. The van der Waals surface area contributed by atoms with Crippen molar-refractivity contribution in [3.63, 3.8) is 0 Å². The molecule has 4 rings (SSSR count). The van der Waals surface area contributed by atoms with Crippen LogP contribution in [-0.2, 0) is 0 Å². The Kier molecular flexibility index (Phi) is 11.5. The molecule has 178 valence electrons. The minimum Gasteiger partial charge on any atom is -0.465 e. The minimum atomic E-state index is -1.08. The number of oxazole rings is 1. The molecule has 1 amide bonds. The lowest BCUT2D eigenvalue weighted by Crippen LogP contribution is -2.29. The molecule has 0 bridgehead atoms. The first-order chi connectivity index (χ1) is 15.3. The summed E-state index contributed by atoms with van der Waals surface area (Å²) in [6.45, 7) is 4.87. The molecule has 3 unspecified atom stereocenters. The summed E-state index contributed by atoms with van der Waals surface area (Å²) in [4.78, 5) is 14.0. The van der Waals surface area contributed by atoms with E-state index in [0.717, 1.165) is 37.3 Å². The average Bonchev–Trinajstić information content (AvgIpc) is 3.52. The molecule has 0 radical (unpaired) electrons. The van der Waals surface area contributed by atoms with Gasteiger partial charge in [-0.15, -0.1) is 12.6 Å². The molecular formula is C22H33FN4O4S. The van der Waals surface area contributed by atoms with Gasteiger partial charge in [-0.25, -0.2) is 14.2 Å². The highest BCUT2D eigenvalue weighted by molar-refractivity contribution is 7.80. The third kappa shape index (κ3) is 9.99. The molecule has 2 aliphatic heterocycles. The van der Waals surface area contributed by atoms with Crippen LogP contribution < -0.4 is 16.0 Å². The van der Waals surface area contributed by atoms with E-state index in [1.54, 1.807) is 6.20 Å². The second-order valence-corrected chi connectivity index (χ2v) is 8.37. The fourth-order valence-corrected chi connectivity index (χ4v) is 3.58. The Morgan fingerprint density at radius 3 is 2.59 bits per heavy atom. The summed E-state index contributed by atoms with van der Waals surface area (Å²) in [5.74, 6) is 0.767. The standard InChI is InChI=1S/C10H9NO.C8H15FN2O2S.C4H9NO/c1-8-2-4-9(5-3-8)10-6-11-7-12-10;9-7(14)5-3-6(11-4-5)1-2-10-8(12)13;6-4-1-2-5-3-4/h2-7H,1H3;5-7,10-11,14H,1-4H2,(H,12,13);4-6H,1-3H2/t;5?,6?,7-;/m.0./s1. The van der Waals surface area contributed by atoms with Crippen LogP contribution in [0.25, 0.3) is 11.3 Å². The number of amides is 1. The summed E-state index contributed by atoms with van der Waals surface area (Å²) >= 11 is 3.74. The van der Waals surface area contributed by atoms with Crippen LogP contribution in [0.3, 0.4) is 0 Å². The Hall–Kier alpha value is -2.14. The van der Waals surface area contributed by atoms with Crippen molar-refractivity contribution in [3.05, 3.63) is 42.4 Å². The number of β-amino-alcohol motifs (C(OH)–C–C–N with tert-alkyl or cyclic N) is 1. The smallest absolute Gasteiger partial charge is 0.404 e. The Balaban J connectivity index is 0.000000182. The number of hydrogen-bond acceptors (Lipinski definition) is 7. The highest BCUT2D eigenvalue weighted by Gasteiger charge is 2.28. The maximum Gasteiger partial charge on any atom is 0.404 e. The fraction of sp³-hybridized carbons (Fsp3) is 0.545. The number of aliphatic hydroxyl groups excluding tert-OH is 1. The van der Waals surface area contributed by atoms with Crippen LogP contribution in [0.4, 0.5) is 9.18 Å².